The van der Waals surface area contributed by atoms with Crippen molar-refractivity contribution in [2.75, 3.05) is 0 Å². The molecule has 0 aliphatic rings. The molecule has 1 unspecified atom stereocenters. The van der Waals surface area contributed by atoms with Crippen LogP contribution in [-0.4, -0.2) is 0 Å². The van der Waals surface area contributed by atoms with Gasteiger partial charge in [0, 0.05) is 9.50 Å². The van der Waals surface area contributed by atoms with E-state index in [2.05, 4.69) is 33.5 Å². The van der Waals surface area contributed by atoms with E-state index < -0.39 is 0 Å². The summed E-state index contributed by atoms with van der Waals surface area (Å²) in [6, 6.07) is 16.0. The number of halogens is 2. The van der Waals surface area contributed by atoms with Crippen molar-refractivity contribution < 1.29 is 0 Å². The average molecular weight is 326 g/mol. The van der Waals surface area contributed by atoms with Crippen molar-refractivity contribution in [2.24, 2.45) is 5.84 Å². The van der Waals surface area contributed by atoms with Crippen molar-refractivity contribution in [1.29, 1.82) is 0 Å². The summed E-state index contributed by atoms with van der Waals surface area (Å²) < 4.78 is 1.01. The third kappa shape index (κ3) is 3.33. The fraction of sp³-hybridized carbons (Fsp3) is 0.143. The summed E-state index contributed by atoms with van der Waals surface area (Å²) in [4.78, 5) is 0. The minimum Gasteiger partial charge on any atom is -0.271 e. The summed E-state index contributed by atoms with van der Waals surface area (Å²) in [7, 11) is 0. The van der Waals surface area contributed by atoms with Gasteiger partial charge in [0.05, 0.1) is 6.04 Å². The van der Waals surface area contributed by atoms with Gasteiger partial charge in [0.15, 0.2) is 0 Å². The molecule has 0 bridgehead atoms. The molecule has 0 saturated heterocycles. The Balaban J connectivity index is 2.26. The van der Waals surface area contributed by atoms with Gasteiger partial charge in [0.1, 0.15) is 0 Å². The Morgan fingerprint density at radius 1 is 1.17 bits per heavy atom. The lowest BCUT2D eigenvalue weighted by molar-refractivity contribution is 0.550. The normalized spacial score (nSPS) is 12.4. The van der Waals surface area contributed by atoms with E-state index >= 15 is 0 Å². The van der Waals surface area contributed by atoms with Crippen LogP contribution >= 0.6 is 27.5 Å². The first-order valence-corrected chi connectivity index (χ1v) is 6.83. The number of hydrazine groups is 1. The maximum absolute atomic E-state index is 6.03. The van der Waals surface area contributed by atoms with E-state index in [-0.39, 0.29) is 6.04 Å². The lowest BCUT2D eigenvalue weighted by Gasteiger charge is -2.18. The molecule has 0 heterocycles. The maximum atomic E-state index is 6.03. The minimum absolute atomic E-state index is 0.0282. The maximum Gasteiger partial charge on any atom is 0.0511 e. The van der Waals surface area contributed by atoms with Gasteiger partial charge in [-0.25, -0.2) is 0 Å². The van der Waals surface area contributed by atoms with Crippen LogP contribution in [0, 0.1) is 0 Å². The van der Waals surface area contributed by atoms with Crippen LogP contribution in [0.25, 0.3) is 0 Å². The quantitative estimate of drug-likeness (QED) is 0.662. The van der Waals surface area contributed by atoms with E-state index in [0.29, 0.717) is 5.02 Å². The topological polar surface area (TPSA) is 38.0 Å². The fourth-order valence-electron chi connectivity index (χ4n) is 1.89. The molecule has 0 aromatic heterocycles. The molecule has 0 radical (unpaired) electrons. The van der Waals surface area contributed by atoms with Gasteiger partial charge in [0.2, 0.25) is 0 Å². The molecular formula is C14H14BrClN2. The molecule has 4 heteroatoms. The van der Waals surface area contributed by atoms with Crippen LogP contribution in [0.1, 0.15) is 17.2 Å². The molecule has 0 spiro atoms. The van der Waals surface area contributed by atoms with Crippen LogP contribution in [0.2, 0.25) is 5.02 Å². The molecule has 0 aliphatic heterocycles. The number of rotatable bonds is 4. The van der Waals surface area contributed by atoms with E-state index in [1.54, 1.807) is 0 Å². The first kappa shape index (κ1) is 13.6. The number of nitrogens with two attached hydrogens (primary N) is 1. The second-order valence-electron chi connectivity index (χ2n) is 4.07. The van der Waals surface area contributed by atoms with Crippen LogP contribution in [0.4, 0.5) is 0 Å². The number of benzene rings is 2. The van der Waals surface area contributed by atoms with Gasteiger partial charge in [-0.05, 0) is 35.7 Å². The number of hydrogen-bond acceptors (Lipinski definition) is 2. The monoisotopic (exact) mass is 324 g/mol. The molecule has 2 aromatic carbocycles. The third-order valence-electron chi connectivity index (χ3n) is 2.82. The van der Waals surface area contributed by atoms with Gasteiger partial charge in [-0.3, -0.25) is 11.3 Å². The van der Waals surface area contributed by atoms with Gasteiger partial charge < -0.3 is 0 Å². The summed E-state index contributed by atoms with van der Waals surface area (Å²) in [5.41, 5.74) is 5.14. The Labute approximate surface area is 120 Å². The van der Waals surface area contributed by atoms with Crippen LogP contribution in [0.15, 0.2) is 53.0 Å². The molecule has 18 heavy (non-hydrogen) atoms. The van der Waals surface area contributed by atoms with E-state index in [1.807, 2.05) is 36.4 Å². The summed E-state index contributed by atoms with van der Waals surface area (Å²) >= 11 is 9.56. The standard InChI is InChI=1S/C14H14BrClN2/c15-13-7-6-11(16)9-12(13)14(18-17)8-10-4-2-1-3-5-10/h1-7,9,14,18H,8,17H2. The molecule has 2 rings (SSSR count). The lowest BCUT2D eigenvalue weighted by Crippen LogP contribution is -2.29. The molecule has 0 fully saturated rings. The minimum atomic E-state index is 0.0282. The Morgan fingerprint density at radius 2 is 1.89 bits per heavy atom. The van der Waals surface area contributed by atoms with Gasteiger partial charge in [-0.1, -0.05) is 57.9 Å². The SMILES string of the molecule is NNC(Cc1ccccc1)c1cc(Cl)ccc1Br. The Kier molecular flexibility index (Phi) is 4.78. The first-order chi connectivity index (χ1) is 8.70. The van der Waals surface area contributed by atoms with Crippen LogP contribution in [-0.2, 0) is 6.42 Å². The molecule has 3 N–H and O–H groups in total. The van der Waals surface area contributed by atoms with Gasteiger partial charge in [-0.2, -0.15) is 0 Å². The van der Waals surface area contributed by atoms with Crippen molar-refractivity contribution >= 4 is 27.5 Å². The van der Waals surface area contributed by atoms with Crippen molar-refractivity contribution in [3.05, 3.63) is 69.2 Å². The Hall–Kier alpha value is -0.870. The highest BCUT2D eigenvalue weighted by Crippen LogP contribution is 2.28. The van der Waals surface area contributed by atoms with E-state index in [1.165, 1.54) is 5.56 Å². The van der Waals surface area contributed by atoms with Crippen molar-refractivity contribution in [2.45, 2.75) is 12.5 Å². The van der Waals surface area contributed by atoms with E-state index in [4.69, 9.17) is 17.4 Å². The highest BCUT2D eigenvalue weighted by Gasteiger charge is 2.14. The van der Waals surface area contributed by atoms with Crippen LogP contribution in [0.3, 0.4) is 0 Å². The summed E-state index contributed by atoms with van der Waals surface area (Å²) in [6.07, 6.45) is 0.816. The second kappa shape index (κ2) is 6.34. The average Bonchev–Trinajstić information content (AvgIpc) is 2.40. The zero-order chi connectivity index (χ0) is 13.0. The van der Waals surface area contributed by atoms with Crippen molar-refractivity contribution in [1.82, 2.24) is 5.43 Å². The summed E-state index contributed by atoms with van der Waals surface area (Å²) in [5.74, 6) is 5.66. The highest BCUT2D eigenvalue weighted by atomic mass is 79.9. The van der Waals surface area contributed by atoms with Crippen LogP contribution in [0.5, 0.6) is 0 Å². The number of hydrogen-bond donors (Lipinski definition) is 2. The van der Waals surface area contributed by atoms with Gasteiger partial charge in [-0.15, -0.1) is 0 Å². The number of nitrogens with one attached hydrogen (secondary N) is 1. The molecule has 0 aliphatic carbocycles. The molecule has 94 valence electrons. The molecule has 1 atom stereocenters. The van der Waals surface area contributed by atoms with Gasteiger partial charge >= 0.3 is 0 Å². The smallest absolute Gasteiger partial charge is 0.0511 e. The predicted octanol–water partition coefficient (Wildman–Crippen LogP) is 3.85. The summed E-state index contributed by atoms with van der Waals surface area (Å²) in [6.45, 7) is 0. The Morgan fingerprint density at radius 3 is 2.56 bits per heavy atom. The lowest BCUT2D eigenvalue weighted by atomic mass is 9.99. The molecule has 2 nitrogen and oxygen atoms in total. The zero-order valence-electron chi connectivity index (χ0n) is 9.74. The highest BCUT2D eigenvalue weighted by molar-refractivity contribution is 9.10. The zero-order valence-corrected chi connectivity index (χ0v) is 12.1. The van der Waals surface area contributed by atoms with Crippen molar-refractivity contribution in [3.8, 4) is 0 Å². The van der Waals surface area contributed by atoms with E-state index in [0.717, 1.165) is 16.5 Å². The third-order valence-corrected chi connectivity index (χ3v) is 3.77. The van der Waals surface area contributed by atoms with Gasteiger partial charge in [0.25, 0.3) is 0 Å². The summed E-state index contributed by atoms with van der Waals surface area (Å²) in [5, 5.41) is 0.710. The Bertz CT molecular complexity index is 516. The van der Waals surface area contributed by atoms with Crippen molar-refractivity contribution in [3.63, 3.8) is 0 Å². The van der Waals surface area contributed by atoms with Crippen LogP contribution < -0.4 is 11.3 Å². The molecule has 0 amide bonds. The van der Waals surface area contributed by atoms with E-state index in [9.17, 15) is 0 Å². The predicted molar refractivity (Wildman–Crippen MR) is 79.4 cm³/mol. The second-order valence-corrected chi connectivity index (χ2v) is 5.37. The largest absolute Gasteiger partial charge is 0.271 e. The molecule has 0 saturated carbocycles. The molecule has 2 aromatic rings. The first-order valence-electron chi connectivity index (χ1n) is 5.65. The fourth-order valence-corrected chi connectivity index (χ4v) is 2.59. The molecular weight excluding hydrogens is 312 g/mol.